The number of carbonyl (C=O) groups excluding carboxylic acids is 1. The van der Waals surface area contributed by atoms with Crippen molar-refractivity contribution in [3.63, 3.8) is 0 Å². The maximum absolute atomic E-state index is 12.2. The Morgan fingerprint density at radius 2 is 1.79 bits per heavy atom. The van der Waals surface area contributed by atoms with Gasteiger partial charge in [0.25, 0.3) is 0 Å². The Kier molecular flexibility index (Phi) is 5.95. The molecule has 24 heavy (non-hydrogen) atoms. The largest absolute Gasteiger partial charge is 0.478 e. The topological polar surface area (TPSA) is 104 Å². The van der Waals surface area contributed by atoms with Gasteiger partial charge in [-0.15, -0.1) is 0 Å². The van der Waals surface area contributed by atoms with Gasteiger partial charge in [0.1, 0.15) is 0 Å². The number of sulfonamides is 1. The Hall–Kier alpha value is -1.93. The summed E-state index contributed by atoms with van der Waals surface area (Å²) in [5.41, 5.74) is 1.02. The van der Waals surface area contributed by atoms with Crippen LogP contribution < -0.4 is 5.32 Å². The molecule has 0 radical (unpaired) electrons. The van der Waals surface area contributed by atoms with Crippen LogP contribution in [0.25, 0.3) is 0 Å². The maximum atomic E-state index is 12.2. The molecular formula is C16H22N2O5S. The fraction of sp³-hybridized carbons (Fsp3) is 0.500. The molecule has 0 unspecified atom stereocenters. The minimum absolute atomic E-state index is 0.0796. The molecule has 1 heterocycles. The summed E-state index contributed by atoms with van der Waals surface area (Å²) in [7, 11) is -3.18. The van der Waals surface area contributed by atoms with E-state index in [1.54, 1.807) is 19.1 Å². The monoisotopic (exact) mass is 354 g/mol. The lowest BCUT2D eigenvalue weighted by Crippen LogP contribution is -2.43. The molecule has 0 bridgehead atoms. The lowest BCUT2D eigenvalue weighted by atomic mass is 9.97. The average Bonchev–Trinajstić information content (AvgIpc) is 2.60. The van der Waals surface area contributed by atoms with Gasteiger partial charge in [-0.05, 0) is 37.5 Å². The van der Waals surface area contributed by atoms with Gasteiger partial charge in [-0.2, -0.15) is 0 Å². The minimum atomic E-state index is -3.18. The highest BCUT2D eigenvalue weighted by Crippen LogP contribution is 2.20. The Morgan fingerprint density at radius 1 is 1.21 bits per heavy atom. The smallest absolute Gasteiger partial charge is 0.335 e. The van der Waals surface area contributed by atoms with Gasteiger partial charge in [-0.1, -0.05) is 12.1 Å². The molecule has 132 valence electrons. The highest BCUT2D eigenvalue weighted by Gasteiger charge is 2.29. The molecular weight excluding hydrogens is 332 g/mol. The molecule has 1 aliphatic heterocycles. The summed E-state index contributed by atoms with van der Waals surface area (Å²) in [6.07, 6.45) is 1.03. The van der Waals surface area contributed by atoms with Crippen molar-refractivity contribution in [1.29, 1.82) is 0 Å². The number of hydrogen-bond donors (Lipinski definition) is 2. The molecule has 1 aliphatic rings. The van der Waals surface area contributed by atoms with Crippen LogP contribution >= 0.6 is 0 Å². The molecule has 0 saturated carbocycles. The normalized spacial score (nSPS) is 16.7. The lowest BCUT2D eigenvalue weighted by Gasteiger charge is -2.30. The molecule has 0 aromatic heterocycles. The third-order valence-corrected chi connectivity index (χ3v) is 6.13. The molecule has 2 rings (SSSR count). The number of hydrogen-bond acceptors (Lipinski definition) is 4. The number of carboxylic acids is 1. The van der Waals surface area contributed by atoms with Gasteiger partial charge >= 0.3 is 5.97 Å². The number of carbonyl (C=O) groups is 2. The third-order valence-electron chi connectivity index (χ3n) is 4.25. The third kappa shape index (κ3) is 4.55. The van der Waals surface area contributed by atoms with E-state index in [9.17, 15) is 18.0 Å². The van der Waals surface area contributed by atoms with Gasteiger partial charge in [0, 0.05) is 25.6 Å². The number of amides is 1. The van der Waals surface area contributed by atoms with Crippen molar-refractivity contribution in [3.05, 3.63) is 35.4 Å². The van der Waals surface area contributed by atoms with Crippen molar-refractivity contribution < 1.29 is 23.1 Å². The number of nitrogens with one attached hydrogen (secondary N) is 1. The predicted molar refractivity (Wildman–Crippen MR) is 89.0 cm³/mol. The fourth-order valence-electron chi connectivity index (χ4n) is 2.68. The maximum Gasteiger partial charge on any atom is 0.335 e. The molecule has 1 aromatic rings. The van der Waals surface area contributed by atoms with Crippen LogP contribution in [0.3, 0.4) is 0 Å². The van der Waals surface area contributed by atoms with Crippen LogP contribution in [0.15, 0.2) is 24.3 Å². The number of aromatic carboxylic acids is 1. The van der Waals surface area contributed by atoms with Gasteiger partial charge in [0.05, 0.1) is 11.3 Å². The van der Waals surface area contributed by atoms with Crippen molar-refractivity contribution in [2.24, 2.45) is 5.92 Å². The molecule has 0 atom stereocenters. The zero-order chi connectivity index (χ0) is 17.7. The van der Waals surface area contributed by atoms with Crippen molar-refractivity contribution in [2.45, 2.75) is 26.3 Å². The van der Waals surface area contributed by atoms with E-state index in [0.717, 1.165) is 5.56 Å². The second kappa shape index (κ2) is 7.76. The Balaban J connectivity index is 1.82. The van der Waals surface area contributed by atoms with Crippen LogP contribution in [0.4, 0.5) is 0 Å². The molecule has 1 fully saturated rings. The molecule has 1 amide bonds. The van der Waals surface area contributed by atoms with Crippen LogP contribution in [0, 0.1) is 5.92 Å². The zero-order valence-electron chi connectivity index (χ0n) is 13.6. The van der Waals surface area contributed by atoms with E-state index in [-0.39, 0.29) is 23.1 Å². The summed E-state index contributed by atoms with van der Waals surface area (Å²) in [5, 5.41) is 11.7. The van der Waals surface area contributed by atoms with E-state index in [1.165, 1.54) is 16.4 Å². The molecule has 7 nitrogen and oxygen atoms in total. The first-order valence-corrected chi connectivity index (χ1v) is 9.52. The van der Waals surface area contributed by atoms with E-state index in [1.807, 2.05) is 0 Å². The average molecular weight is 354 g/mol. The Bertz CT molecular complexity index is 692. The zero-order valence-corrected chi connectivity index (χ0v) is 14.4. The first kappa shape index (κ1) is 18.4. The predicted octanol–water partition coefficient (Wildman–Crippen LogP) is 1.06. The van der Waals surface area contributed by atoms with Crippen molar-refractivity contribution >= 4 is 21.9 Å². The summed E-state index contributed by atoms with van der Waals surface area (Å²) in [6.45, 7) is 2.69. The van der Waals surface area contributed by atoms with Gasteiger partial charge in [0.15, 0.2) is 0 Å². The van der Waals surface area contributed by atoms with Crippen LogP contribution in [-0.4, -0.2) is 48.5 Å². The summed E-state index contributed by atoms with van der Waals surface area (Å²) < 4.78 is 25.0. The van der Waals surface area contributed by atoms with Gasteiger partial charge < -0.3 is 10.4 Å². The van der Waals surface area contributed by atoms with E-state index < -0.39 is 16.0 Å². The van der Waals surface area contributed by atoms with Gasteiger partial charge in [0.2, 0.25) is 15.9 Å². The molecule has 0 aliphatic carbocycles. The fourth-order valence-corrected chi connectivity index (χ4v) is 3.81. The van der Waals surface area contributed by atoms with E-state index >= 15 is 0 Å². The molecule has 0 spiro atoms. The van der Waals surface area contributed by atoms with Crippen molar-refractivity contribution in [3.8, 4) is 0 Å². The Morgan fingerprint density at radius 3 is 2.29 bits per heavy atom. The van der Waals surface area contributed by atoms with E-state index in [4.69, 9.17) is 5.11 Å². The highest BCUT2D eigenvalue weighted by molar-refractivity contribution is 7.89. The standard InChI is InChI=1S/C16H22N2O5S/c1-2-24(22,23)18-9-7-13(8-10-18)15(19)17-11-12-3-5-14(6-4-12)16(20)21/h3-6,13H,2,7-11H2,1H3,(H,17,19)(H,20,21). The van der Waals surface area contributed by atoms with Crippen LogP contribution in [0.5, 0.6) is 0 Å². The van der Waals surface area contributed by atoms with E-state index in [0.29, 0.717) is 32.5 Å². The SMILES string of the molecule is CCS(=O)(=O)N1CCC(C(=O)NCc2ccc(C(=O)O)cc2)CC1. The first-order valence-electron chi connectivity index (χ1n) is 7.91. The quantitative estimate of drug-likeness (QED) is 0.795. The number of carboxylic acid groups (broad SMARTS) is 1. The summed E-state index contributed by atoms with van der Waals surface area (Å²) in [5.74, 6) is -1.19. The molecule has 8 heteroatoms. The van der Waals surface area contributed by atoms with Crippen LogP contribution in [-0.2, 0) is 21.4 Å². The van der Waals surface area contributed by atoms with Gasteiger partial charge in [-0.25, -0.2) is 17.5 Å². The lowest BCUT2D eigenvalue weighted by molar-refractivity contribution is -0.126. The second-order valence-corrected chi connectivity index (χ2v) is 8.05. The molecule has 1 saturated heterocycles. The van der Waals surface area contributed by atoms with Crippen molar-refractivity contribution in [2.75, 3.05) is 18.8 Å². The first-order chi connectivity index (χ1) is 11.3. The number of piperidine rings is 1. The summed E-state index contributed by atoms with van der Waals surface area (Å²) in [6, 6.07) is 6.33. The number of rotatable bonds is 6. The van der Waals surface area contributed by atoms with Crippen LogP contribution in [0.2, 0.25) is 0 Å². The number of nitrogens with zero attached hydrogens (tertiary/aromatic N) is 1. The van der Waals surface area contributed by atoms with Crippen LogP contribution in [0.1, 0.15) is 35.7 Å². The van der Waals surface area contributed by atoms with Crippen molar-refractivity contribution in [1.82, 2.24) is 9.62 Å². The Labute approximate surface area is 141 Å². The van der Waals surface area contributed by atoms with Gasteiger partial charge in [-0.3, -0.25) is 4.79 Å². The summed E-state index contributed by atoms with van der Waals surface area (Å²) in [4.78, 5) is 23.0. The summed E-state index contributed by atoms with van der Waals surface area (Å²) >= 11 is 0. The highest BCUT2D eigenvalue weighted by atomic mass is 32.2. The minimum Gasteiger partial charge on any atom is -0.478 e. The molecule has 2 N–H and O–H groups in total. The second-order valence-electron chi connectivity index (χ2n) is 5.79. The van der Waals surface area contributed by atoms with E-state index in [2.05, 4.69) is 5.32 Å². The number of benzene rings is 1. The molecule has 1 aromatic carbocycles.